The minimum absolute atomic E-state index is 0.00672. The number of hydrogen-bond donors (Lipinski definition) is 2. The largest absolute Gasteiger partial charge is 0.772 e. The maximum Gasteiger partial charge on any atom is 0.405 e. The Hall–Kier alpha value is -3.08. The van der Waals surface area contributed by atoms with Crippen LogP contribution < -0.4 is 11.1 Å². The molecule has 0 radical (unpaired) electrons. The molecule has 0 aliphatic heterocycles. The molecule has 0 bridgehead atoms. The van der Waals surface area contributed by atoms with E-state index in [0.29, 0.717) is 24.4 Å². The molecule has 10 heteroatoms. The number of carbonyl (C=O) groups is 2. The number of hydrogen-bond acceptors (Lipinski definition) is 7. The quantitative estimate of drug-likeness (QED) is 0.357. The van der Waals surface area contributed by atoms with Gasteiger partial charge in [-0.25, -0.2) is 9.78 Å². The van der Waals surface area contributed by atoms with Gasteiger partial charge in [0.2, 0.25) is 5.91 Å². The number of nitrogens with two attached hydrogens (primary N) is 1. The monoisotopic (exact) mass is 528 g/mol. The lowest BCUT2D eigenvalue weighted by molar-refractivity contribution is -0.114. The third-order valence-corrected chi connectivity index (χ3v) is 7.00. The number of anilines is 1. The smallest absolute Gasteiger partial charge is 0.405 e. The van der Waals surface area contributed by atoms with Crippen LogP contribution in [0.3, 0.4) is 0 Å². The molecule has 2 amide bonds. The number of aromatic nitrogens is 1. The van der Waals surface area contributed by atoms with Crippen molar-refractivity contribution in [3.8, 4) is 0 Å². The van der Waals surface area contributed by atoms with Gasteiger partial charge in [0.05, 0.1) is 5.69 Å². The summed E-state index contributed by atoms with van der Waals surface area (Å²) in [4.78, 5) is 28.4. The Labute approximate surface area is 217 Å². The SMILES string of the molecule is CC(=O)Nc1nc(CCc2ccc(CC(C)(C)OC(N)=O)cc2)c(Cc2ccc(CS(=O)[O-])cc2)s1. The predicted octanol–water partition coefficient (Wildman–Crippen LogP) is 4.27. The average Bonchev–Trinajstić information content (AvgIpc) is 3.13. The van der Waals surface area contributed by atoms with Crippen molar-refractivity contribution in [3.63, 3.8) is 0 Å². The van der Waals surface area contributed by atoms with Crippen molar-refractivity contribution in [1.82, 2.24) is 4.98 Å². The summed E-state index contributed by atoms with van der Waals surface area (Å²) in [6.07, 6.45) is 1.88. The molecular weight excluding hydrogens is 498 g/mol. The van der Waals surface area contributed by atoms with E-state index in [1.807, 2.05) is 50.2 Å². The van der Waals surface area contributed by atoms with Crippen molar-refractivity contribution in [2.75, 3.05) is 5.32 Å². The molecule has 3 rings (SSSR count). The molecular formula is C26H30N3O5S2-. The average molecular weight is 529 g/mol. The van der Waals surface area contributed by atoms with Gasteiger partial charge >= 0.3 is 6.09 Å². The summed E-state index contributed by atoms with van der Waals surface area (Å²) in [6.45, 7) is 5.09. The molecule has 0 spiro atoms. The normalized spacial score (nSPS) is 12.2. The van der Waals surface area contributed by atoms with E-state index in [-0.39, 0.29) is 11.7 Å². The van der Waals surface area contributed by atoms with Crippen LogP contribution in [0.15, 0.2) is 48.5 Å². The zero-order valence-corrected chi connectivity index (χ0v) is 22.2. The second kappa shape index (κ2) is 12.2. The van der Waals surface area contributed by atoms with Crippen LogP contribution in [0.1, 0.15) is 53.6 Å². The zero-order chi connectivity index (χ0) is 26.3. The van der Waals surface area contributed by atoms with Gasteiger partial charge in [-0.1, -0.05) is 59.6 Å². The van der Waals surface area contributed by atoms with Gasteiger partial charge in [0.15, 0.2) is 5.13 Å². The second-order valence-electron chi connectivity index (χ2n) is 9.19. The van der Waals surface area contributed by atoms with E-state index in [9.17, 15) is 18.4 Å². The van der Waals surface area contributed by atoms with Gasteiger partial charge in [-0.15, -0.1) is 11.3 Å². The lowest BCUT2D eigenvalue weighted by Crippen LogP contribution is -2.33. The van der Waals surface area contributed by atoms with Crippen LogP contribution in [0, 0.1) is 0 Å². The standard InChI is InChI=1S/C26H31N3O5S2/c1-17(30)28-25-29-22(23(35-25)14-19-6-10-21(11-7-19)16-36(32)33)13-12-18-4-8-20(9-5-18)15-26(2,3)34-24(27)31/h4-11H,12-16H2,1-3H3,(H2,27,31)(H,32,33)(H,28,29,30)/p-1. The van der Waals surface area contributed by atoms with Gasteiger partial charge in [0.1, 0.15) is 5.60 Å². The van der Waals surface area contributed by atoms with Crippen LogP contribution in [-0.4, -0.2) is 31.3 Å². The molecule has 0 saturated carbocycles. The van der Waals surface area contributed by atoms with Crippen LogP contribution >= 0.6 is 11.3 Å². The highest BCUT2D eigenvalue weighted by Crippen LogP contribution is 2.27. The number of thiazole rings is 1. The molecule has 0 fully saturated rings. The number of carbonyl (C=O) groups excluding carboxylic acids is 2. The van der Waals surface area contributed by atoms with Gasteiger partial charge in [0, 0.05) is 30.4 Å². The molecule has 3 aromatic rings. The molecule has 1 atom stereocenters. The maximum atomic E-state index is 11.6. The molecule has 3 N–H and O–H groups in total. The highest BCUT2D eigenvalue weighted by atomic mass is 32.2. The molecule has 1 unspecified atom stereocenters. The Kier molecular flexibility index (Phi) is 9.36. The molecule has 8 nitrogen and oxygen atoms in total. The van der Waals surface area contributed by atoms with Gasteiger partial charge < -0.3 is 20.3 Å². The molecule has 2 aromatic carbocycles. The zero-order valence-electron chi connectivity index (χ0n) is 20.5. The third kappa shape index (κ3) is 8.85. The van der Waals surface area contributed by atoms with Crippen molar-refractivity contribution >= 4 is 39.5 Å². The van der Waals surface area contributed by atoms with Crippen molar-refractivity contribution in [3.05, 3.63) is 81.4 Å². The van der Waals surface area contributed by atoms with E-state index in [4.69, 9.17) is 10.5 Å². The van der Waals surface area contributed by atoms with Crippen molar-refractivity contribution in [2.24, 2.45) is 5.73 Å². The van der Waals surface area contributed by atoms with E-state index in [0.717, 1.165) is 39.2 Å². The third-order valence-electron chi connectivity index (χ3n) is 5.41. The minimum atomic E-state index is -2.12. The fourth-order valence-electron chi connectivity index (χ4n) is 3.88. The van der Waals surface area contributed by atoms with Crippen LogP contribution in [0.4, 0.5) is 9.93 Å². The van der Waals surface area contributed by atoms with Crippen LogP contribution in [0.2, 0.25) is 0 Å². The number of benzene rings is 2. The summed E-state index contributed by atoms with van der Waals surface area (Å²) >= 11 is -0.668. The first-order valence-corrected chi connectivity index (χ1v) is 13.5. The molecule has 1 aromatic heterocycles. The summed E-state index contributed by atoms with van der Waals surface area (Å²) in [5.41, 5.74) is 9.35. The predicted molar refractivity (Wildman–Crippen MR) is 141 cm³/mol. The lowest BCUT2D eigenvalue weighted by atomic mass is 9.96. The highest BCUT2D eigenvalue weighted by molar-refractivity contribution is 7.78. The van der Waals surface area contributed by atoms with Gasteiger partial charge in [-0.05, 0) is 48.9 Å². The van der Waals surface area contributed by atoms with E-state index in [1.54, 1.807) is 0 Å². The Morgan fingerprint density at radius 3 is 2.19 bits per heavy atom. The number of amides is 2. The summed E-state index contributed by atoms with van der Waals surface area (Å²) in [6, 6.07) is 15.6. The second-order valence-corrected chi connectivity index (χ2v) is 11.2. The summed E-state index contributed by atoms with van der Waals surface area (Å²) in [5.74, 6) is -0.177. The van der Waals surface area contributed by atoms with Gasteiger partial charge in [-0.2, -0.15) is 0 Å². The van der Waals surface area contributed by atoms with Crippen LogP contribution in [0.25, 0.3) is 0 Å². The first-order valence-electron chi connectivity index (χ1n) is 11.5. The fraction of sp³-hybridized carbons (Fsp3) is 0.346. The maximum absolute atomic E-state index is 11.6. The summed E-state index contributed by atoms with van der Waals surface area (Å²) in [7, 11) is 0. The number of nitrogens with one attached hydrogen (secondary N) is 1. The molecule has 0 saturated heterocycles. The van der Waals surface area contributed by atoms with Gasteiger partial charge in [-0.3, -0.25) is 9.00 Å². The number of primary amides is 1. The number of aryl methyl sites for hydroxylation is 2. The molecule has 192 valence electrons. The van der Waals surface area contributed by atoms with Crippen molar-refractivity contribution in [2.45, 2.75) is 57.8 Å². The Morgan fingerprint density at radius 2 is 1.61 bits per heavy atom. The van der Waals surface area contributed by atoms with Crippen molar-refractivity contribution in [1.29, 1.82) is 0 Å². The Bertz CT molecular complexity index is 1220. The summed E-state index contributed by atoms with van der Waals surface area (Å²) in [5, 5.41) is 3.35. The van der Waals surface area contributed by atoms with E-state index >= 15 is 0 Å². The minimum Gasteiger partial charge on any atom is -0.772 e. The fourth-order valence-corrected chi connectivity index (χ4v) is 5.44. The number of nitrogens with zero attached hydrogens (tertiary/aromatic N) is 1. The van der Waals surface area contributed by atoms with Gasteiger partial charge in [0.25, 0.3) is 0 Å². The number of ether oxygens (including phenoxy) is 1. The Balaban J connectivity index is 1.69. The van der Waals surface area contributed by atoms with Crippen molar-refractivity contribution < 1.29 is 23.1 Å². The van der Waals surface area contributed by atoms with E-state index in [2.05, 4.69) is 22.4 Å². The van der Waals surface area contributed by atoms with E-state index < -0.39 is 22.8 Å². The topological polar surface area (TPSA) is 134 Å². The summed E-state index contributed by atoms with van der Waals surface area (Å²) < 4.78 is 27.0. The first-order chi connectivity index (χ1) is 17.0. The van der Waals surface area contributed by atoms with Crippen LogP contribution in [0.5, 0.6) is 0 Å². The lowest BCUT2D eigenvalue weighted by Gasteiger charge is -2.24. The Morgan fingerprint density at radius 1 is 1.03 bits per heavy atom. The molecule has 0 aliphatic carbocycles. The number of rotatable bonds is 11. The molecule has 36 heavy (non-hydrogen) atoms. The first kappa shape index (κ1) is 27.5. The molecule has 0 aliphatic rings. The van der Waals surface area contributed by atoms with Crippen LogP contribution in [-0.2, 0) is 52.0 Å². The molecule has 1 heterocycles. The highest BCUT2D eigenvalue weighted by Gasteiger charge is 2.22. The van der Waals surface area contributed by atoms with E-state index in [1.165, 1.54) is 18.3 Å².